The van der Waals surface area contributed by atoms with E-state index in [4.69, 9.17) is 9.47 Å². The third-order valence-corrected chi connectivity index (χ3v) is 5.21. The number of pyridine rings is 1. The molecule has 0 aliphatic carbocycles. The summed E-state index contributed by atoms with van der Waals surface area (Å²) in [6.45, 7) is 6.31. The third-order valence-electron chi connectivity index (χ3n) is 5.21. The predicted octanol–water partition coefficient (Wildman–Crippen LogP) is 2.36. The quantitative estimate of drug-likeness (QED) is 0.333. The van der Waals surface area contributed by atoms with Gasteiger partial charge in [-0.15, -0.1) is 0 Å². The summed E-state index contributed by atoms with van der Waals surface area (Å²) < 4.78 is 47.8. The van der Waals surface area contributed by atoms with Gasteiger partial charge in [-0.25, -0.2) is 4.79 Å². The van der Waals surface area contributed by atoms with Crippen molar-refractivity contribution in [3.63, 3.8) is 0 Å². The Labute approximate surface area is 220 Å². The first-order chi connectivity index (χ1) is 17.7. The number of likely N-dealkylation sites (N-methyl/N-ethyl adjacent to an activating group) is 2. The van der Waals surface area contributed by atoms with Crippen molar-refractivity contribution in [1.82, 2.24) is 20.1 Å². The summed E-state index contributed by atoms with van der Waals surface area (Å²) in [7, 11) is 3.86. The lowest BCUT2D eigenvalue weighted by atomic mass is 10.1. The van der Waals surface area contributed by atoms with Crippen LogP contribution in [-0.4, -0.2) is 97.2 Å². The minimum Gasteiger partial charge on any atom is -0.463 e. The summed E-state index contributed by atoms with van der Waals surface area (Å²) in [5.41, 5.74) is 0.580. The van der Waals surface area contributed by atoms with Crippen LogP contribution < -0.4 is 5.32 Å². The van der Waals surface area contributed by atoms with E-state index in [1.165, 1.54) is 18.3 Å². The maximum atomic E-state index is 12.7. The van der Waals surface area contributed by atoms with Gasteiger partial charge in [-0.3, -0.25) is 19.4 Å². The number of nitrogens with zero attached hydrogens (tertiary/aromatic N) is 3. The molecule has 38 heavy (non-hydrogen) atoms. The van der Waals surface area contributed by atoms with Gasteiger partial charge >= 0.3 is 24.0 Å². The molecule has 0 aromatic carbocycles. The van der Waals surface area contributed by atoms with Crippen LogP contribution in [0.1, 0.15) is 56.1 Å². The van der Waals surface area contributed by atoms with E-state index in [2.05, 4.69) is 4.98 Å². The number of alkyl halides is 3. The van der Waals surface area contributed by atoms with Gasteiger partial charge in [0.2, 0.25) is 5.91 Å². The average Bonchev–Trinajstić information content (AvgIpc) is 2.81. The highest BCUT2D eigenvalue weighted by Gasteiger charge is 2.39. The summed E-state index contributed by atoms with van der Waals surface area (Å²) in [6.07, 6.45) is -4.99. The summed E-state index contributed by atoms with van der Waals surface area (Å²) in [6, 6.07) is 2.81. The fourth-order valence-corrected chi connectivity index (χ4v) is 3.28. The molecule has 0 aliphatic rings. The van der Waals surface area contributed by atoms with Crippen molar-refractivity contribution in [2.75, 3.05) is 40.3 Å². The fraction of sp³-hybridized carbons (Fsp3) is 0.640. The second-order valence-electron chi connectivity index (χ2n) is 9.14. The molecule has 0 saturated carbocycles. The van der Waals surface area contributed by atoms with E-state index >= 15 is 0 Å². The Balaban J connectivity index is 2.78. The Kier molecular flexibility index (Phi) is 13.7. The number of carbonyl (C=O) groups excluding carboxylic acids is 4. The standard InChI is InChI=1S/C25H37F3N4O6/c1-6-32(13-12-31(4)5)21(33)9-7-8-19-14-18(10-11-29-19)23(35)38-20(15-22(34)37-17(2)3)16-30-24(36)25(26,27)28/h10-11,14,17,20H,6-9,12-13,15-16H2,1-5H3,(H,30,36). The van der Waals surface area contributed by atoms with Crippen LogP contribution in [0, 0.1) is 0 Å². The van der Waals surface area contributed by atoms with Crippen molar-refractivity contribution in [1.29, 1.82) is 0 Å². The first-order valence-electron chi connectivity index (χ1n) is 12.4. The lowest BCUT2D eigenvalue weighted by molar-refractivity contribution is -0.174. The van der Waals surface area contributed by atoms with Crippen LogP contribution in [0.2, 0.25) is 0 Å². The van der Waals surface area contributed by atoms with Crippen LogP contribution >= 0.6 is 0 Å². The first kappa shape index (κ1) is 32.8. The minimum absolute atomic E-state index is 0.0157. The number of aryl methyl sites for hydroxylation is 1. The SMILES string of the molecule is CCN(CCN(C)C)C(=O)CCCc1cc(C(=O)OC(CNC(=O)C(F)(F)F)CC(=O)OC(C)C)ccn1. The number of amides is 2. The van der Waals surface area contributed by atoms with E-state index in [0.717, 1.165) is 6.54 Å². The molecular formula is C25H37F3N4O6. The molecule has 13 heteroatoms. The molecule has 1 rings (SSSR count). The van der Waals surface area contributed by atoms with Gasteiger partial charge in [-0.2, -0.15) is 13.2 Å². The zero-order valence-corrected chi connectivity index (χ0v) is 22.5. The van der Waals surface area contributed by atoms with Crippen LogP contribution in [0.5, 0.6) is 0 Å². The maximum Gasteiger partial charge on any atom is 0.471 e. The highest BCUT2D eigenvalue weighted by atomic mass is 19.4. The minimum atomic E-state index is -5.13. The van der Waals surface area contributed by atoms with Crippen molar-refractivity contribution in [3.8, 4) is 0 Å². The zero-order chi connectivity index (χ0) is 28.9. The highest BCUT2D eigenvalue weighted by Crippen LogP contribution is 2.15. The highest BCUT2D eigenvalue weighted by molar-refractivity contribution is 5.90. The van der Waals surface area contributed by atoms with Gasteiger partial charge in [-0.05, 0) is 59.8 Å². The largest absolute Gasteiger partial charge is 0.471 e. The number of carbonyl (C=O) groups is 4. The molecule has 0 radical (unpaired) electrons. The van der Waals surface area contributed by atoms with Crippen LogP contribution in [-0.2, 0) is 30.3 Å². The van der Waals surface area contributed by atoms with Crippen molar-refractivity contribution in [2.24, 2.45) is 0 Å². The number of halogens is 3. The van der Waals surface area contributed by atoms with E-state index in [1.54, 1.807) is 24.1 Å². The van der Waals surface area contributed by atoms with E-state index < -0.39 is 49.2 Å². The normalized spacial score (nSPS) is 12.3. The monoisotopic (exact) mass is 546 g/mol. The van der Waals surface area contributed by atoms with E-state index in [0.29, 0.717) is 38.0 Å². The molecule has 1 aromatic rings. The number of esters is 2. The zero-order valence-electron chi connectivity index (χ0n) is 22.5. The van der Waals surface area contributed by atoms with Gasteiger partial charge in [0.1, 0.15) is 6.10 Å². The number of rotatable bonds is 15. The average molecular weight is 547 g/mol. The van der Waals surface area contributed by atoms with Crippen LogP contribution in [0.4, 0.5) is 13.2 Å². The Morgan fingerprint density at radius 1 is 1.11 bits per heavy atom. The molecule has 0 spiro atoms. The fourth-order valence-electron chi connectivity index (χ4n) is 3.28. The molecule has 1 heterocycles. The number of aromatic nitrogens is 1. The molecule has 0 bridgehead atoms. The van der Waals surface area contributed by atoms with Crippen LogP contribution in [0.3, 0.4) is 0 Å². The molecule has 1 atom stereocenters. The number of hydrogen-bond acceptors (Lipinski definition) is 8. The molecule has 2 amide bonds. The summed E-state index contributed by atoms with van der Waals surface area (Å²) in [4.78, 5) is 56.3. The lowest BCUT2D eigenvalue weighted by Gasteiger charge is -2.22. The van der Waals surface area contributed by atoms with E-state index in [9.17, 15) is 32.3 Å². The Hall–Kier alpha value is -3.22. The van der Waals surface area contributed by atoms with E-state index in [-0.39, 0.29) is 11.5 Å². The van der Waals surface area contributed by atoms with Crippen LogP contribution in [0.15, 0.2) is 18.3 Å². The predicted molar refractivity (Wildman–Crippen MR) is 132 cm³/mol. The molecule has 214 valence electrons. The molecule has 0 aliphatic heterocycles. The van der Waals surface area contributed by atoms with Crippen molar-refractivity contribution in [2.45, 2.75) is 64.8 Å². The second-order valence-corrected chi connectivity index (χ2v) is 9.14. The number of hydrogen-bond donors (Lipinski definition) is 1. The van der Waals surface area contributed by atoms with Crippen LogP contribution in [0.25, 0.3) is 0 Å². The molecule has 1 aromatic heterocycles. The first-order valence-corrected chi connectivity index (χ1v) is 12.4. The topological polar surface area (TPSA) is 118 Å². The summed E-state index contributed by atoms with van der Waals surface area (Å²) in [5, 5.41) is 1.62. The van der Waals surface area contributed by atoms with Gasteiger partial charge in [0.15, 0.2) is 0 Å². The van der Waals surface area contributed by atoms with Gasteiger partial charge < -0.3 is 24.6 Å². The smallest absolute Gasteiger partial charge is 0.463 e. The summed E-state index contributed by atoms with van der Waals surface area (Å²) in [5.74, 6) is -3.91. The molecular weight excluding hydrogens is 509 g/mol. The molecule has 0 fully saturated rings. The van der Waals surface area contributed by atoms with Gasteiger partial charge in [0, 0.05) is 37.9 Å². The molecule has 0 saturated heterocycles. The Morgan fingerprint density at radius 3 is 2.37 bits per heavy atom. The summed E-state index contributed by atoms with van der Waals surface area (Å²) >= 11 is 0. The Morgan fingerprint density at radius 2 is 1.79 bits per heavy atom. The third kappa shape index (κ3) is 12.8. The second kappa shape index (κ2) is 15.9. The van der Waals surface area contributed by atoms with Gasteiger partial charge in [0.25, 0.3) is 0 Å². The van der Waals surface area contributed by atoms with Crippen molar-refractivity contribution < 1.29 is 41.8 Å². The van der Waals surface area contributed by atoms with Gasteiger partial charge in [0.05, 0.1) is 24.6 Å². The Bertz CT molecular complexity index is 940. The van der Waals surface area contributed by atoms with Gasteiger partial charge in [-0.1, -0.05) is 0 Å². The van der Waals surface area contributed by atoms with E-state index in [1.807, 2.05) is 25.9 Å². The molecule has 10 nitrogen and oxygen atoms in total. The molecule has 1 unspecified atom stereocenters. The maximum absolute atomic E-state index is 12.7. The molecule has 1 N–H and O–H groups in total. The number of ether oxygens (including phenoxy) is 2. The van der Waals surface area contributed by atoms with Crippen molar-refractivity contribution in [3.05, 3.63) is 29.6 Å². The number of nitrogens with one attached hydrogen (secondary N) is 1. The lowest BCUT2D eigenvalue weighted by Crippen LogP contribution is -2.42. The van der Waals surface area contributed by atoms with Crippen molar-refractivity contribution >= 4 is 23.8 Å².